The number of benzene rings is 1. The van der Waals surface area contributed by atoms with Crippen molar-refractivity contribution < 1.29 is 18.0 Å². The van der Waals surface area contributed by atoms with Gasteiger partial charge in [0.2, 0.25) is 0 Å². The lowest BCUT2D eigenvalue weighted by atomic mass is 10.3. The van der Waals surface area contributed by atoms with E-state index in [2.05, 4.69) is 0 Å². The molecule has 0 N–H and O–H groups in total. The van der Waals surface area contributed by atoms with Gasteiger partial charge < -0.3 is 0 Å². The normalized spacial score (nSPS) is 16.6. The predicted molar refractivity (Wildman–Crippen MR) is 68.3 cm³/mol. The molecule has 1 fully saturated rings. The van der Waals surface area contributed by atoms with Crippen LogP contribution in [0.1, 0.15) is 6.42 Å². The van der Waals surface area contributed by atoms with Crippen LogP contribution in [0.2, 0.25) is 0 Å². The number of hydrogen-bond acceptors (Lipinski definition) is 4. The number of hydrogen-bond donors (Lipinski definition) is 0. The maximum absolute atomic E-state index is 12.3. The van der Waals surface area contributed by atoms with E-state index in [9.17, 15) is 18.0 Å². The van der Waals surface area contributed by atoms with Gasteiger partial charge in [-0.3, -0.25) is 4.79 Å². The lowest BCUT2D eigenvalue weighted by Crippen LogP contribution is -2.52. The Morgan fingerprint density at radius 3 is 2.37 bits per heavy atom. The van der Waals surface area contributed by atoms with Gasteiger partial charge in [-0.05, 0) is 30.2 Å². The van der Waals surface area contributed by atoms with Crippen LogP contribution in [0.15, 0.2) is 35.2 Å². The molecule has 0 spiro atoms. The van der Waals surface area contributed by atoms with Gasteiger partial charge in [-0.15, -0.1) is 0 Å². The molecule has 3 amide bonds. The number of amides is 3. The maximum Gasteiger partial charge on any atom is 0.341 e. The molecule has 1 aliphatic rings. The summed E-state index contributed by atoms with van der Waals surface area (Å²) < 4.78 is 25.3. The van der Waals surface area contributed by atoms with Gasteiger partial charge in [0.25, 0.3) is 10.0 Å². The lowest BCUT2D eigenvalue weighted by Gasteiger charge is -2.32. The zero-order chi connectivity index (χ0) is 14.0. The Bertz CT molecular complexity index is 602. The first-order chi connectivity index (χ1) is 8.94. The summed E-state index contributed by atoms with van der Waals surface area (Å²) in [5.41, 5.74) is 0. The van der Waals surface area contributed by atoms with Gasteiger partial charge in [0.05, 0.1) is 4.90 Å². The highest BCUT2D eigenvalue weighted by Crippen LogP contribution is 2.21. The predicted octanol–water partition coefficient (Wildman–Crippen LogP) is 1.86. The first-order valence-corrected chi connectivity index (χ1v) is 7.35. The Kier molecular flexibility index (Phi) is 3.77. The van der Waals surface area contributed by atoms with Crippen molar-refractivity contribution >= 4 is 33.0 Å². The molecule has 8 heteroatoms. The van der Waals surface area contributed by atoms with Gasteiger partial charge in [0.1, 0.15) is 0 Å². The van der Waals surface area contributed by atoms with E-state index >= 15 is 0 Å². The van der Waals surface area contributed by atoms with E-state index in [0.29, 0.717) is 15.6 Å². The first-order valence-electron chi connectivity index (χ1n) is 5.53. The standard InChI is InChI=1S/C11H11ClN2O4S/c12-10(15)13-7-4-8-14(11(13)16)19(17,18)9-5-2-1-3-6-9/h1-3,5-6H,4,7-8H2. The summed E-state index contributed by atoms with van der Waals surface area (Å²) in [4.78, 5) is 23.7. The summed E-state index contributed by atoms with van der Waals surface area (Å²) in [5.74, 6) is 0. The van der Waals surface area contributed by atoms with Crippen LogP contribution in [0.5, 0.6) is 0 Å². The van der Waals surface area contributed by atoms with Crippen LogP contribution in [0.4, 0.5) is 9.59 Å². The Hall–Kier alpha value is -1.60. The van der Waals surface area contributed by atoms with Crippen LogP contribution in [-0.4, -0.2) is 42.1 Å². The van der Waals surface area contributed by atoms with E-state index in [-0.39, 0.29) is 18.0 Å². The van der Waals surface area contributed by atoms with Crippen molar-refractivity contribution in [3.8, 4) is 0 Å². The number of rotatable bonds is 2. The topological polar surface area (TPSA) is 74.8 Å². The number of halogens is 1. The van der Waals surface area contributed by atoms with Crippen LogP contribution >= 0.6 is 11.6 Å². The number of carbonyl (C=O) groups excluding carboxylic acids is 2. The van der Waals surface area contributed by atoms with E-state index in [1.807, 2.05) is 0 Å². The summed E-state index contributed by atoms with van der Waals surface area (Å²) in [6.07, 6.45) is 0.357. The van der Waals surface area contributed by atoms with Crippen LogP contribution in [0, 0.1) is 0 Å². The maximum atomic E-state index is 12.3. The number of imide groups is 1. The Balaban J connectivity index is 2.36. The van der Waals surface area contributed by atoms with Gasteiger partial charge in [-0.1, -0.05) is 18.2 Å². The molecule has 0 aromatic heterocycles. The SMILES string of the molecule is O=C(Cl)N1CCCN(S(=O)(=O)c2ccccc2)C1=O. The lowest BCUT2D eigenvalue weighted by molar-refractivity contribution is 0.169. The number of nitrogens with zero attached hydrogens (tertiary/aromatic N) is 2. The zero-order valence-electron chi connectivity index (χ0n) is 9.82. The number of carbonyl (C=O) groups is 2. The van der Waals surface area contributed by atoms with E-state index in [0.717, 1.165) is 0 Å². The molecular weight excluding hydrogens is 292 g/mol. The molecule has 0 atom stereocenters. The molecule has 0 unspecified atom stereocenters. The molecule has 102 valence electrons. The van der Waals surface area contributed by atoms with Crippen LogP contribution < -0.4 is 0 Å². The summed E-state index contributed by atoms with van der Waals surface area (Å²) in [6.45, 7) is 0.165. The summed E-state index contributed by atoms with van der Waals surface area (Å²) in [6, 6.07) is 6.67. The smallest absolute Gasteiger partial charge is 0.255 e. The quantitative estimate of drug-likeness (QED) is 0.617. The second kappa shape index (κ2) is 5.18. The fourth-order valence-corrected chi connectivity index (χ4v) is 3.39. The molecule has 0 radical (unpaired) electrons. The fourth-order valence-electron chi connectivity index (χ4n) is 1.80. The highest BCUT2D eigenvalue weighted by atomic mass is 35.5. The van der Waals surface area contributed by atoms with Gasteiger partial charge in [0.15, 0.2) is 0 Å². The molecule has 1 aromatic rings. The van der Waals surface area contributed by atoms with Crippen molar-refractivity contribution in [1.29, 1.82) is 0 Å². The van der Waals surface area contributed by atoms with Crippen LogP contribution in [-0.2, 0) is 10.0 Å². The van der Waals surface area contributed by atoms with Crippen molar-refractivity contribution in [3.05, 3.63) is 30.3 Å². The molecule has 0 aliphatic carbocycles. The van der Waals surface area contributed by atoms with Crippen molar-refractivity contribution in [2.24, 2.45) is 0 Å². The molecule has 1 heterocycles. The van der Waals surface area contributed by atoms with E-state index < -0.39 is 21.4 Å². The third kappa shape index (κ3) is 2.57. The molecule has 0 saturated carbocycles. The minimum atomic E-state index is -3.95. The largest absolute Gasteiger partial charge is 0.341 e. The zero-order valence-corrected chi connectivity index (χ0v) is 11.4. The highest BCUT2D eigenvalue weighted by Gasteiger charge is 2.37. The monoisotopic (exact) mass is 302 g/mol. The van der Waals surface area contributed by atoms with Crippen molar-refractivity contribution in [2.45, 2.75) is 11.3 Å². The second-order valence-electron chi connectivity index (χ2n) is 3.93. The van der Waals surface area contributed by atoms with Gasteiger partial charge in [-0.25, -0.2) is 22.4 Å². The third-order valence-electron chi connectivity index (χ3n) is 2.73. The van der Waals surface area contributed by atoms with Gasteiger partial charge >= 0.3 is 11.4 Å². The van der Waals surface area contributed by atoms with E-state index in [4.69, 9.17) is 11.6 Å². The van der Waals surface area contributed by atoms with Gasteiger partial charge in [0, 0.05) is 13.1 Å². The Morgan fingerprint density at radius 1 is 1.16 bits per heavy atom. The Labute approximate surface area is 115 Å². The highest BCUT2D eigenvalue weighted by molar-refractivity contribution is 7.89. The average Bonchev–Trinajstić information content (AvgIpc) is 2.39. The molecule has 6 nitrogen and oxygen atoms in total. The van der Waals surface area contributed by atoms with Crippen molar-refractivity contribution in [1.82, 2.24) is 9.21 Å². The van der Waals surface area contributed by atoms with Crippen LogP contribution in [0.3, 0.4) is 0 Å². The summed E-state index contributed by atoms with van der Waals surface area (Å²) in [7, 11) is -3.95. The molecule has 19 heavy (non-hydrogen) atoms. The molecular formula is C11H11ClN2O4S. The molecule has 1 aromatic carbocycles. The van der Waals surface area contributed by atoms with Crippen molar-refractivity contribution in [3.63, 3.8) is 0 Å². The van der Waals surface area contributed by atoms with E-state index in [1.165, 1.54) is 12.1 Å². The second-order valence-corrected chi connectivity index (χ2v) is 6.12. The molecule has 1 saturated heterocycles. The molecule has 1 aliphatic heterocycles. The number of sulfonamides is 1. The fraction of sp³-hybridized carbons (Fsp3) is 0.273. The Morgan fingerprint density at radius 2 is 1.79 bits per heavy atom. The summed E-state index contributed by atoms with van der Waals surface area (Å²) >= 11 is 5.26. The van der Waals surface area contributed by atoms with E-state index in [1.54, 1.807) is 18.2 Å². The minimum absolute atomic E-state index is 0.00669. The number of urea groups is 1. The van der Waals surface area contributed by atoms with Gasteiger partial charge in [-0.2, -0.15) is 0 Å². The van der Waals surface area contributed by atoms with Crippen LogP contribution in [0.25, 0.3) is 0 Å². The minimum Gasteiger partial charge on any atom is -0.255 e. The van der Waals surface area contributed by atoms with Crippen molar-refractivity contribution in [2.75, 3.05) is 13.1 Å². The average molecular weight is 303 g/mol. The molecule has 2 rings (SSSR count). The molecule has 0 bridgehead atoms. The third-order valence-corrected chi connectivity index (χ3v) is 4.72. The summed E-state index contributed by atoms with van der Waals surface area (Å²) in [5, 5.41) is -0.974. The first kappa shape index (κ1) is 13.8.